The van der Waals surface area contributed by atoms with Crippen LogP contribution in [0, 0.1) is 0 Å². The van der Waals surface area contributed by atoms with Crippen LogP contribution in [0.25, 0.3) is 0 Å². The lowest BCUT2D eigenvalue weighted by atomic mass is 10.1. The van der Waals surface area contributed by atoms with Crippen molar-refractivity contribution in [3.63, 3.8) is 0 Å². The summed E-state index contributed by atoms with van der Waals surface area (Å²) in [5, 5.41) is 1.46. The maximum absolute atomic E-state index is 6.29. The van der Waals surface area contributed by atoms with Gasteiger partial charge >= 0.3 is 0 Å². The molecular formula is C14H14N2S. The molecule has 2 unspecified atom stereocenters. The summed E-state index contributed by atoms with van der Waals surface area (Å²) in [4.78, 5) is 4.35. The van der Waals surface area contributed by atoms with Gasteiger partial charge in [-0.3, -0.25) is 0 Å². The molecule has 0 aliphatic heterocycles. The second-order valence-corrected chi connectivity index (χ2v) is 5.51. The molecular weight excluding hydrogens is 228 g/mol. The molecule has 1 aromatic heterocycles. The number of pyridine rings is 1. The van der Waals surface area contributed by atoms with Gasteiger partial charge in [-0.05, 0) is 29.7 Å². The molecule has 0 bridgehead atoms. The average molecular weight is 242 g/mol. The summed E-state index contributed by atoms with van der Waals surface area (Å²) in [6.07, 6.45) is 2.87. The highest BCUT2D eigenvalue weighted by atomic mass is 32.2. The predicted octanol–water partition coefficient (Wildman–Crippen LogP) is 2.80. The standard InChI is InChI=1S/C14H14N2S/c15-14-11-6-2-1-5-10(11)9-12(14)17-13-7-3-4-8-16-13/h1-8,12,14H,9,15H2. The fraction of sp³-hybridized carbons (Fsp3) is 0.214. The van der Waals surface area contributed by atoms with Crippen molar-refractivity contribution in [3.8, 4) is 0 Å². The monoisotopic (exact) mass is 242 g/mol. The molecule has 0 fully saturated rings. The van der Waals surface area contributed by atoms with Crippen LogP contribution < -0.4 is 5.73 Å². The largest absolute Gasteiger partial charge is 0.323 e. The van der Waals surface area contributed by atoms with Crippen LogP contribution in [0.5, 0.6) is 0 Å². The van der Waals surface area contributed by atoms with Gasteiger partial charge in [0, 0.05) is 17.5 Å². The van der Waals surface area contributed by atoms with E-state index >= 15 is 0 Å². The van der Waals surface area contributed by atoms with Gasteiger partial charge in [0.15, 0.2) is 0 Å². The molecule has 0 radical (unpaired) electrons. The molecule has 1 aliphatic carbocycles. The Bertz CT molecular complexity index is 513. The average Bonchev–Trinajstić information content (AvgIpc) is 2.68. The number of rotatable bonds is 2. The molecule has 0 saturated carbocycles. The van der Waals surface area contributed by atoms with Crippen molar-refractivity contribution in [2.45, 2.75) is 22.7 Å². The highest BCUT2D eigenvalue weighted by Crippen LogP contribution is 2.39. The third kappa shape index (κ3) is 2.08. The fourth-order valence-corrected chi connectivity index (χ4v) is 3.42. The molecule has 17 heavy (non-hydrogen) atoms. The molecule has 1 heterocycles. The van der Waals surface area contributed by atoms with E-state index in [9.17, 15) is 0 Å². The number of nitrogens with two attached hydrogens (primary N) is 1. The Morgan fingerprint density at radius 1 is 1.12 bits per heavy atom. The Balaban J connectivity index is 1.81. The minimum Gasteiger partial charge on any atom is -0.323 e. The SMILES string of the molecule is NC1c2ccccc2CC1Sc1ccccn1. The van der Waals surface area contributed by atoms with E-state index in [-0.39, 0.29) is 6.04 Å². The van der Waals surface area contributed by atoms with Crippen LogP contribution in [0.4, 0.5) is 0 Å². The highest BCUT2D eigenvalue weighted by molar-refractivity contribution is 7.99. The molecule has 2 N–H and O–H groups in total. The van der Waals surface area contributed by atoms with Gasteiger partial charge in [0.05, 0.1) is 5.03 Å². The van der Waals surface area contributed by atoms with Crippen LogP contribution in [0.1, 0.15) is 17.2 Å². The molecule has 0 saturated heterocycles. The van der Waals surface area contributed by atoms with E-state index in [0.717, 1.165) is 11.4 Å². The summed E-state index contributed by atoms with van der Waals surface area (Å²) < 4.78 is 0. The van der Waals surface area contributed by atoms with Gasteiger partial charge in [-0.15, -0.1) is 11.8 Å². The zero-order valence-corrected chi connectivity index (χ0v) is 10.2. The lowest BCUT2D eigenvalue weighted by Gasteiger charge is -2.14. The van der Waals surface area contributed by atoms with E-state index in [0.29, 0.717) is 5.25 Å². The Kier molecular flexibility index (Phi) is 2.87. The molecule has 2 nitrogen and oxygen atoms in total. The Hall–Kier alpha value is -1.32. The normalized spacial score (nSPS) is 22.4. The molecule has 3 rings (SSSR count). The Labute approximate surface area is 105 Å². The van der Waals surface area contributed by atoms with Crippen molar-refractivity contribution >= 4 is 11.8 Å². The van der Waals surface area contributed by atoms with Crippen molar-refractivity contribution < 1.29 is 0 Å². The second kappa shape index (κ2) is 4.51. The fourth-order valence-electron chi connectivity index (χ4n) is 2.28. The van der Waals surface area contributed by atoms with Gasteiger partial charge < -0.3 is 5.73 Å². The quantitative estimate of drug-likeness (QED) is 0.880. The summed E-state index contributed by atoms with van der Waals surface area (Å²) in [5.41, 5.74) is 8.97. The molecule has 86 valence electrons. The number of aromatic nitrogens is 1. The van der Waals surface area contributed by atoms with E-state index in [1.807, 2.05) is 24.4 Å². The number of nitrogens with zero attached hydrogens (tertiary/aromatic N) is 1. The first-order valence-electron chi connectivity index (χ1n) is 5.75. The predicted molar refractivity (Wildman–Crippen MR) is 71.0 cm³/mol. The molecule has 0 spiro atoms. The summed E-state index contributed by atoms with van der Waals surface area (Å²) in [7, 11) is 0. The van der Waals surface area contributed by atoms with E-state index in [2.05, 4.69) is 29.2 Å². The van der Waals surface area contributed by atoms with Crippen LogP contribution in [-0.2, 0) is 6.42 Å². The van der Waals surface area contributed by atoms with Crippen molar-refractivity contribution in [3.05, 3.63) is 59.8 Å². The van der Waals surface area contributed by atoms with Gasteiger partial charge in [-0.1, -0.05) is 30.3 Å². The zero-order chi connectivity index (χ0) is 11.7. The molecule has 3 heteroatoms. The number of thioether (sulfide) groups is 1. The van der Waals surface area contributed by atoms with Gasteiger partial charge in [0.25, 0.3) is 0 Å². The minimum absolute atomic E-state index is 0.123. The van der Waals surface area contributed by atoms with E-state index in [4.69, 9.17) is 5.73 Å². The first-order valence-corrected chi connectivity index (χ1v) is 6.63. The van der Waals surface area contributed by atoms with Crippen molar-refractivity contribution in [2.24, 2.45) is 5.73 Å². The molecule has 0 amide bonds. The smallest absolute Gasteiger partial charge is 0.0963 e. The third-order valence-corrected chi connectivity index (χ3v) is 4.39. The second-order valence-electron chi connectivity index (χ2n) is 4.25. The number of benzene rings is 1. The molecule has 2 atom stereocenters. The maximum atomic E-state index is 6.29. The van der Waals surface area contributed by atoms with Crippen molar-refractivity contribution in [1.29, 1.82) is 0 Å². The van der Waals surface area contributed by atoms with Crippen LogP contribution in [0.3, 0.4) is 0 Å². The van der Waals surface area contributed by atoms with Gasteiger partial charge in [-0.2, -0.15) is 0 Å². The van der Waals surface area contributed by atoms with E-state index in [1.54, 1.807) is 11.8 Å². The summed E-state index contributed by atoms with van der Waals surface area (Å²) in [5.74, 6) is 0. The van der Waals surface area contributed by atoms with Crippen LogP contribution >= 0.6 is 11.8 Å². The molecule has 1 aromatic carbocycles. The summed E-state index contributed by atoms with van der Waals surface area (Å²) >= 11 is 1.78. The lowest BCUT2D eigenvalue weighted by molar-refractivity contribution is 0.730. The lowest BCUT2D eigenvalue weighted by Crippen LogP contribution is -2.18. The molecule has 2 aromatic rings. The van der Waals surface area contributed by atoms with Gasteiger partial charge in [0.2, 0.25) is 0 Å². The number of hydrogen-bond donors (Lipinski definition) is 1. The van der Waals surface area contributed by atoms with Gasteiger partial charge in [-0.25, -0.2) is 4.98 Å². The van der Waals surface area contributed by atoms with E-state index in [1.165, 1.54) is 11.1 Å². The summed E-state index contributed by atoms with van der Waals surface area (Å²) in [6, 6.07) is 14.6. The van der Waals surface area contributed by atoms with Crippen molar-refractivity contribution in [2.75, 3.05) is 0 Å². The number of hydrogen-bond acceptors (Lipinski definition) is 3. The first-order chi connectivity index (χ1) is 8.34. The summed E-state index contributed by atoms with van der Waals surface area (Å²) in [6.45, 7) is 0. The van der Waals surface area contributed by atoms with Crippen LogP contribution in [0.2, 0.25) is 0 Å². The van der Waals surface area contributed by atoms with Gasteiger partial charge in [0.1, 0.15) is 0 Å². The zero-order valence-electron chi connectivity index (χ0n) is 9.41. The Morgan fingerprint density at radius 2 is 1.94 bits per heavy atom. The number of fused-ring (bicyclic) bond motifs is 1. The highest BCUT2D eigenvalue weighted by Gasteiger charge is 2.30. The first kappa shape index (κ1) is 10.8. The maximum Gasteiger partial charge on any atom is 0.0963 e. The van der Waals surface area contributed by atoms with Crippen LogP contribution in [-0.4, -0.2) is 10.2 Å². The third-order valence-electron chi connectivity index (χ3n) is 3.15. The van der Waals surface area contributed by atoms with Crippen LogP contribution in [0.15, 0.2) is 53.7 Å². The molecule has 1 aliphatic rings. The van der Waals surface area contributed by atoms with E-state index < -0.39 is 0 Å². The van der Waals surface area contributed by atoms with Crippen molar-refractivity contribution in [1.82, 2.24) is 4.98 Å². The topological polar surface area (TPSA) is 38.9 Å². The Morgan fingerprint density at radius 3 is 2.71 bits per heavy atom. The minimum atomic E-state index is 0.123.